The molecule has 10 nitrogen and oxygen atoms in total. The third-order valence-electron chi connectivity index (χ3n) is 4.58. The maximum Gasteiger partial charge on any atom is 0.310 e. The lowest BCUT2D eigenvalue weighted by molar-refractivity contribution is -0.386. The molecular formula is C22H14N2O8. The number of benzene rings is 4. The second kappa shape index (κ2) is 8.11. The average molecular weight is 434 g/mol. The van der Waals surface area contributed by atoms with E-state index in [-0.39, 0.29) is 11.5 Å². The van der Waals surface area contributed by atoms with Gasteiger partial charge in [0, 0.05) is 35.0 Å². The molecule has 4 aromatic carbocycles. The van der Waals surface area contributed by atoms with Crippen LogP contribution in [0.3, 0.4) is 0 Å². The zero-order valence-electron chi connectivity index (χ0n) is 16.2. The van der Waals surface area contributed by atoms with Crippen molar-refractivity contribution in [2.45, 2.75) is 0 Å². The van der Waals surface area contributed by atoms with Gasteiger partial charge in [0.2, 0.25) is 0 Å². The monoisotopic (exact) mass is 434 g/mol. The minimum atomic E-state index is -0.698. The third kappa shape index (κ3) is 3.92. The number of hydrogen-bond acceptors (Lipinski definition) is 8. The zero-order valence-corrected chi connectivity index (χ0v) is 16.2. The second-order valence-corrected chi connectivity index (χ2v) is 6.63. The molecule has 32 heavy (non-hydrogen) atoms. The number of ether oxygens (including phenoxy) is 2. The van der Waals surface area contributed by atoms with Crippen LogP contribution >= 0.6 is 0 Å². The highest BCUT2D eigenvalue weighted by atomic mass is 16.6. The van der Waals surface area contributed by atoms with Gasteiger partial charge in [-0.2, -0.15) is 0 Å². The molecule has 0 radical (unpaired) electrons. The van der Waals surface area contributed by atoms with Crippen LogP contribution in [0, 0.1) is 20.2 Å². The second-order valence-electron chi connectivity index (χ2n) is 6.63. The van der Waals surface area contributed by atoms with Crippen molar-refractivity contribution in [1.29, 1.82) is 0 Å². The van der Waals surface area contributed by atoms with Gasteiger partial charge >= 0.3 is 11.4 Å². The molecule has 0 saturated carbocycles. The van der Waals surface area contributed by atoms with Crippen LogP contribution in [-0.4, -0.2) is 20.1 Å². The van der Waals surface area contributed by atoms with E-state index in [1.165, 1.54) is 12.1 Å². The standard InChI is InChI=1S/C22H14N2O8/c25-19-11-13(7-9-17(19)23(27)28)31-21-5-1-3-15-16(21)4-2-6-22(15)32-14-8-10-18(24(29)30)20(26)12-14/h1-12,25-26H. The van der Waals surface area contributed by atoms with Crippen LogP contribution in [0.25, 0.3) is 10.8 Å². The van der Waals surface area contributed by atoms with Gasteiger partial charge in [0.1, 0.15) is 23.0 Å². The van der Waals surface area contributed by atoms with Crippen molar-refractivity contribution in [3.63, 3.8) is 0 Å². The van der Waals surface area contributed by atoms with Crippen molar-refractivity contribution in [3.05, 3.63) is 93.0 Å². The number of nitrogens with zero attached hydrogens (tertiary/aromatic N) is 2. The predicted molar refractivity (Wildman–Crippen MR) is 114 cm³/mol. The van der Waals surface area contributed by atoms with Crippen LogP contribution in [0.15, 0.2) is 72.8 Å². The highest BCUT2D eigenvalue weighted by molar-refractivity contribution is 5.93. The van der Waals surface area contributed by atoms with Crippen molar-refractivity contribution >= 4 is 22.1 Å². The van der Waals surface area contributed by atoms with Crippen molar-refractivity contribution in [2.75, 3.05) is 0 Å². The van der Waals surface area contributed by atoms with E-state index >= 15 is 0 Å². The number of rotatable bonds is 6. The summed E-state index contributed by atoms with van der Waals surface area (Å²) in [6, 6.07) is 17.7. The molecule has 0 aliphatic rings. The molecule has 0 saturated heterocycles. The largest absolute Gasteiger partial charge is 0.502 e. The van der Waals surface area contributed by atoms with Gasteiger partial charge in [0.25, 0.3) is 0 Å². The summed E-state index contributed by atoms with van der Waals surface area (Å²) in [6.45, 7) is 0. The molecule has 0 bridgehead atoms. The fraction of sp³-hybridized carbons (Fsp3) is 0. The number of nitro groups is 2. The van der Waals surface area contributed by atoms with Gasteiger partial charge in [0.05, 0.1) is 9.85 Å². The molecule has 2 N–H and O–H groups in total. The van der Waals surface area contributed by atoms with Gasteiger partial charge in [-0.3, -0.25) is 20.2 Å². The van der Waals surface area contributed by atoms with E-state index in [4.69, 9.17) is 9.47 Å². The number of fused-ring (bicyclic) bond motifs is 1. The van der Waals surface area contributed by atoms with Gasteiger partial charge < -0.3 is 19.7 Å². The molecular weight excluding hydrogens is 420 g/mol. The fourth-order valence-electron chi connectivity index (χ4n) is 3.13. The molecule has 0 unspecified atom stereocenters. The van der Waals surface area contributed by atoms with Crippen LogP contribution in [0.5, 0.6) is 34.5 Å². The van der Waals surface area contributed by atoms with Gasteiger partial charge in [-0.25, -0.2) is 0 Å². The molecule has 0 amide bonds. The Hall–Kier alpha value is -4.86. The topological polar surface area (TPSA) is 145 Å². The molecule has 0 aliphatic carbocycles. The van der Waals surface area contributed by atoms with E-state index in [0.717, 1.165) is 24.3 Å². The molecule has 0 atom stereocenters. The van der Waals surface area contributed by atoms with Gasteiger partial charge in [0.15, 0.2) is 11.5 Å². The SMILES string of the molecule is O=[N+]([O-])c1ccc(Oc2cccc3c(Oc4ccc([N+](=O)[O-])c(O)c4)cccc23)cc1O. The number of phenolic OH excluding ortho intramolecular Hbond substituents is 2. The van der Waals surface area contributed by atoms with Crippen molar-refractivity contribution in [3.8, 4) is 34.5 Å². The zero-order chi connectivity index (χ0) is 22.8. The van der Waals surface area contributed by atoms with Gasteiger partial charge in [-0.15, -0.1) is 0 Å². The predicted octanol–water partition coefficient (Wildman–Crippen LogP) is 5.65. The Morgan fingerprint density at radius 3 is 1.38 bits per heavy atom. The summed E-state index contributed by atoms with van der Waals surface area (Å²) in [5.41, 5.74) is -0.866. The molecule has 0 aliphatic heterocycles. The summed E-state index contributed by atoms with van der Waals surface area (Å²) in [5, 5.41) is 42.7. The molecule has 4 rings (SSSR count). The van der Waals surface area contributed by atoms with E-state index in [2.05, 4.69) is 0 Å². The van der Waals surface area contributed by atoms with Crippen LogP contribution in [0.4, 0.5) is 11.4 Å². The smallest absolute Gasteiger partial charge is 0.310 e. The van der Waals surface area contributed by atoms with Crippen LogP contribution in [0.2, 0.25) is 0 Å². The van der Waals surface area contributed by atoms with E-state index < -0.39 is 32.7 Å². The Bertz CT molecular complexity index is 1260. The maximum atomic E-state index is 10.9. The van der Waals surface area contributed by atoms with Crippen molar-refractivity contribution in [1.82, 2.24) is 0 Å². The maximum absolute atomic E-state index is 10.9. The summed E-state index contributed by atoms with van der Waals surface area (Å²) in [4.78, 5) is 20.3. The van der Waals surface area contributed by atoms with Crippen molar-refractivity contribution in [2.24, 2.45) is 0 Å². The molecule has 160 valence electrons. The molecule has 0 heterocycles. The number of phenols is 2. The average Bonchev–Trinajstić information content (AvgIpc) is 2.74. The number of nitro benzene ring substituents is 2. The van der Waals surface area contributed by atoms with Gasteiger partial charge in [-0.1, -0.05) is 24.3 Å². The molecule has 10 heteroatoms. The van der Waals surface area contributed by atoms with E-state index in [9.17, 15) is 30.4 Å². The third-order valence-corrected chi connectivity index (χ3v) is 4.58. The normalized spacial score (nSPS) is 10.6. The summed E-state index contributed by atoms with van der Waals surface area (Å²) in [5.74, 6) is 0.185. The highest BCUT2D eigenvalue weighted by Crippen LogP contribution is 2.39. The molecule has 0 spiro atoms. The Labute approximate surface area is 179 Å². The Morgan fingerprint density at radius 1 is 0.625 bits per heavy atom. The summed E-state index contributed by atoms with van der Waals surface area (Å²) >= 11 is 0. The Morgan fingerprint density at radius 2 is 1.03 bits per heavy atom. The fourth-order valence-corrected chi connectivity index (χ4v) is 3.13. The van der Waals surface area contributed by atoms with Crippen LogP contribution < -0.4 is 9.47 Å². The minimum Gasteiger partial charge on any atom is -0.502 e. The summed E-state index contributed by atoms with van der Waals surface area (Å²) < 4.78 is 11.6. The molecule has 0 aromatic heterocycles. The lowest BCUT2D eigenvalue weighted by Crippen LogP contribution is -1.92. The Kier molecular flexibility index (Phi) is 5.17. The Balaban J connectivity index is 1.67. The molecule has 0 fully saturated rings. The number of aromatic hydroxyl groups is 2. The lowest BCUT2D eigenvalue weighted by Gasteiger charge is -2.13. The summed E-state index contributed by atoms with van der Waals surface area (Å²) in [6.07, 6.45) is 0. The van der Waals surface area contributed by atoms with Crippen molar-refractivity contribution < 1.29 is 29.5 Å². The lowest BCUT2D eigenvalue weighted by atomic mass is 10.1. The first kappa shape index (κ1) is 20.4. The number of hydrogen-bond donors (Lipinski definition) is 2. The van der Waals surface area contributed by atoms with Crippen LogP contribution in [-0.2, 0) is 0 Å². The minimum absolute atomic E-state index is 0.201. The van der Waals surface area contributed by atoms with E-state index in [0.29, 0.717) is 22.3 Å². The first-order valence-corrected chi connectivity index (χ1v) is 9.16. The van der Waals surface area contributed by atoms with Gasteiger partial charge in [-0.05, 0) is 24.3 Å². The molecule has 4 aromatic rings. The summed E-state index contributed by atoms with van der Waals surface area (Å²) in [7, 11) is 0. The first-order valence-electron chi connectivity index (χ1n) is 9.16. The quantitative estimate of drug-likeness (QED) is 0.292. The highest BCUT2D eigenvalue weighted by Gasteiger charge is 2.16. The van der Waals surface area contributed by atoms with E-state index in [1.807, 2.05) is 0 Å². The van der Waals surface area contributed by atoms with E-state index in [1.54, 1.807) is 36.4 Å². The van der Waals surface area contributed by atoms with Crippen LogP contribution in [0.1, 0.15) is 0 Å². The first-order chi connectivity index (χ1) is 15.3.